The highest BCUT2D eigenvalue weighted by Crippen LogP contribution is 2.33. The summed E-state index contributed by atoms with van der Waals surface area (Å²) in [5.74, 6) is 0.492. The minimum Gasteiger partial charge on any atom is -0.381 e. The molecule has 3 rings (SSSR count). The van der Waals surface area contributed by atoms with Crippen LogP contribution in [0.5, 0.6) is 0 Å². The van der Waals surface area contributed by atoms with Crippen LogP contribution in [0.25, 0.3) is 0 Å². The highest BCUT2D eigenvalue weighted by molar-refractivity contribution is 5.32. The topological polar surface area (TPSA) is 56.1 Å². The van der Waals surface area contributed by atoms with E-state index in [1.54, 1.807) is 17.0 Å². The van der Waals surface area contributed by atoms with E-state index in [0.29, 0.717) is 17.9 Å². The third kappa shape index (κ3) is 2.34. The molecule has 0 atom stereocenters. The molecule has 1 saturated heterocycles. The van der Waals surface area contributed by atoms with Gasteiger partial charge >= 0.3 is 0 Å². The lowest BCUT2D eigenvalue weighted by atomic mass is 10.1. The third-order valence-corrected chi connectivity index (χ3v) is 3.37. The Morgan fingerprint density at radius 3 is 2.76 bits per heavy atom. The van der Waals surface area contributed by atoms with Crippen LogP contribution in [-0.4, -0.2) is 28.8 Å². The molecule has 0 bridgehead atoms. The molecule has 1 aliphatic heterocycles. The smallest absolute Gasteiger partial charge is 0.293 e. The van der Waals surface area contributed by atoms with Gasteiger partial charge < -0.3 is 14.6 Å². The first-order valence-corrected chi connectivity index (χ1v) is 6.26. The first kappa shape index (κ1) is 10.8. The van der Waals surface area contributed by atoms with Crippen LogP contribution in [0, 0.1) is 0 Å². The van der Waals surface area contributed by atoms with E-state index < -0.39 is 0 Å². The van der Waals surface area contributed by atoms with E-state index in [1.165, 1.54) is 0 Å². The second-order valence-corrected chi connectivity index (χ2v) is 4.75. The average molecular weight is 235 g/mol. The molecule has 0 unspecified atom stereocenters. The largest absolute Gasteiger partial charge is 0.381 e. The molecular weight excluding hydrogens is 218 g/mol. The lowest BCUT2D eigenvalue weighted by molar-refractivity contribution is 0.0903. The molecule has 17 heavy (non-hydrogen) atoms. The molecular formula is C12H17N3O2. The Morgan fingerprint density at radius 2 is 2.06 bits per heavy atom. The molecule has 2 fully saturated rings. The highest BCUT2D eigenvalue weighted by atomic mass is 16.5. The quantitative estimate of drug-likeness (QED) is 0.854. The fourth-order valence-electron chi connectivity index (χ4n) is 2.20. The molecule has 5 heteroatoms. The van der Waals surface area contributed by atoms with Crippen molar-refractivity contribution < 1.29 is 4.74 Å². The van der Waals surface area contributed by atoms with Crippen LogP contribution < -0.4 is 10.9 Å². The Hall–Kier alpha value is -1.36. The zero-order valence-corrected chi connectivity index (χ0v) is 9.76. The number of nitrogens with zero attached hydrogens (tertiary/aromatic N) is 2. The van der Waals surface area contributed by atoms with Crippen LogP contribution in [0.2, 0.25) is 0 Å². The number of ether oxygens (including phenoxy) is 1. The van der Waals surface area contributed by atoms with Gasteiger partial charge in [-0.3, -0.25) is 4.79 Å². The standard InChI is InChI=1S/C12H17N3O2/c16-12-11(14-9-3-7-17-8-4-9)13-5-6-15(12)10-1-2-10/h5-6,9-10H,1-4,7-8H2,(H,13,14). The molecule has 0 aromatic carbocycles. The molecule has 1 aromatic heterocycles. The van der Waals surface area contributed by atoms with Crippen molar-refractivity contribution in [2.45, 2.75) is 37.8 Å². The summed E-state index contributed by atoms with van der Waals surface area (Å²) in [5.41, 5.74) is 0.0153. The van der Waals surface area contributed by atoms with Crippen LogP contribution in [0.3, 0.4) is 0 Å². The molecule has 2 heterocycles. The molecule has 1 aliphatic carbocycles. The van der Waals surface area contributed by atoms with Gasteiger partial charge in [-0.05, 0) is 25.7 Å². The summed E-state index contributed by atoms with van der Waals surface area (Å²) >= 11 is 0. The zero-order valence-electron chi connectivity index (χ0n) is 9.76. The average Bonchev–Trinajstić information content (AvgIpc) is 3.17. The van der Waals surface area contributed by atoms with Crippen LogP contribution in [0.4, 0.5) is 5.82 Å². The van der Waals surface area contributed by atoms with E-state index in [9.17, 15) is 4.79 Å². The van der Waals surface area contributed by atoms with Crippen LogP contribution in [0.15, 0.2) is 17.2 Å². The van der Waals surface area contributed by atoms with Gasteiger partial charge in [0.1, 0.15) is 0 Å². The predicted octanol–water partition coefficient (Wildman–Crippen LogP) is 1.17. The van der Waals surface area contributed by atoms with Gasteiger partial charge in [0.25, 0.3) is 5.56 Å². The third-order valence-electron chi connectivity index (χ3n) is 3.37. The van der Waals surface area contributed by atoms with Gasteiger partial charge in [0, 0.05) is 37.7 Å². The Labute approximate surface area is 99.8 Å². The first-order chi connectivity index (χ1) is 8.34. The predicted molar refractivity (Wildman–Crippen MR) is 64.2 cm³/mol. The minimum atomic E-state index is 0.0153. The van der Waals surface area contributed by atoms with Crippen molar-refractivity contribution >= 4 is 5.82 Å². The Balaban J connectivity index is 1.77. The Morgan fingerprint density at radius 1 is 1.29 bits per heavy atom. The van der Waals surface area contributed by atoms with Crippen LogP contribution in [0.1, 0.15) is 31.7 Å². The molecule has 1 aromatic rings. The molecule has 2 aliphatic rings. The van der Waals surface area contributed by atoms with E-state index in [1.807, 2.05) is 0 Å². The van der Waals surface area contributed by atoms with E-state index in [2.05, 4.69) is 10.3 Å². The molecule has 0 radical (unpaired) electrons. The van der Waals surface area contributed by atoms with Gasteiger partial charge in [-0.1, -0.05) is 0 Å². The van der Waals surface area contributed by atoms with Crippen molar-refractivity contribution in [1.82, 2.24) is 9.55 Å². The summed E-state index contributed by atoms with van der Waals surface area (Å²) in [6.07, 6.45) is 7.61. The van der Waals surface area contributed by atoms with E-state index in [4.69, 9.17) is 4.74 Å². The maximum Gasteiger partial charge on any atom is 0.293 e. The highest BCUT2D eigenvalue weighted by Gasteiger charge is 2.25. The van der Waals surface area contributed by atoms with Gasteiger partial charge in [-0.15, -0.1) is 0 Å². The maximum atomic E-state index is 12.1. The Bertz CT molecular complexity index is 447. The van der Waals surface area contributed by atoms with Gasteiger partial charge in [-0.2, -0.15) is 0 Å². The molecule has 0 amide bonds. The lowest BCUT2D eigenvalue weighted by Gasteiger charge is -2.23. The van der Waals surface area contributed by atoms with Gasteiger partial charge in [-0.25, -0.2) is 4.98 Å². The van der Waals surface area contributed by atoms with Crippen molar-refractivity contribution in [2.75, 3.05) is 18.5 Å². The number of hydrogen-bond acceptors (Lipinski definition) is 4. The summed E-state index contributed by atoms with van der Waals surface area (Å²) in [6, 6.07) is 0.722. The molecule has 92 valence electrons. The van der Waals surface area contributed by atoms with Gasteiger partial charge in [0.15, 0.2) is 5.82 Å². The van der Waals surface area contributed by atoms with Crippen molar-refractivity contribution in [3.63, 3.8) is 0 Å². The second kappa shape index (κ2) is 4.49. The molecule has 5 nitrogen and oxygen atoms in total. The van der Waals surface area contributed by atoms with Crippen molar-refractivity contribution in [3.05, 3.63) is 22.7 Å². The van der Waals surface area contributed by atoms with Crippen LogP contribution >= 0.6 is 0 Å². The molecule has 1 N–H and O–H groups in total. The summed E-state index contributed by atoms with van der Waals surface area (Å²) in [6.45, 7) is 1.53. The van der Waals surface area contributed by atoms with E-state index in [0.717, 1.165) is 38.9 Å². The van der Waals surface area contributed by atoms with Crippen LogP contribution in [-0.2, 0) is 4.74 Å². The van der Waals surface area contributed by atoms with Crippen molar-refractivity contribution in [3.8, 4) is 0 Å². The summed E-state index contributed by atoms with van der Waals surface area (Å²) in [7, 11) is 0. The maximum absolute atomic E-state index is 12.1. The first-order valence-electron chi connectivity index (χ1n) is 6.26. The van der Waals surface area contributed by atoms with Gasteiger partial charge in [0.2, 0.25) is 0 Å². The number of hydrogen-bond donors (Lipinski definition) is 1. The summed E-state index contributed by atoms with van der Waals surface area (Å²) in [4.78, 5) is 16.3. The van der Waals surface area contributed by atoms with Gasteiger partial charge in [0.05, 0.1) is 0 Å². The number of nitrogens with one attached hydrogen (secondary N) is 1. The normalized spacial score (nSPS) is 21.4. The molecule has 0 spiro atoms. The minimum absolute atomic E-state index is 0.0153. The monoisotopic (exact) mass is 235 g/mol. The SMILES string of the molecule is O=c1c(NC2CCOCC2)nccn1C1CC1. The van der Waals surface area contributed by atoms with Crippen molar-refractivity contribution in [2.24, 2.45) is 0 Å². The van der Waals surface area contributed by atoms with E-state index in [-0.39, 0.29) is 5.56 Å². The fourth-order valence-corrected chi connectivity index (χ4v) is 2.20. The van der Waals surface area contributed by atoms with Crippen molar-refractivity contribution in [1.29, 1.82) is 0 Å². The summed E-state index contributed by atoms with van der Waals surface area (Å²) < 4.78 is 7.10. The number of aromatic nitrogens is 2. The van der Waals surface area contributed by atoms with E-state index >= 15 is 0 Å². The second-order valence-electron chi connectivity index (χ2n) is 4.75. The summed E-state index contributed by atoms with van der Waals surface area (Å²) in [5, 5.41) is 3.25. The Kier molecular flexibility index (Phi) is 2.84. The fraction of sp³-hybridized carbons (Fsp3) is 0.667. The lowest BCUT2D eigenvalue weighted by Crippen LogP contribution is -2.32. The number of rotatable bonds is 3. The number of anilines is 1. The molecule has 1 saturated carbocycles. The zero-order chi connectivity index (χ0) is 11.7.